The van der Waals surface area contributed by atoms with Crippen molar-refractivity contribution < 1.29 is 4.79 Å². The number of benzene rings is 1. The molecule has 0 spiro atoms. The zero-order valence-electron chi connectivity index (χ0n) is 12.4. The number of anilines is 2. The van der Waals surface area contributed by atoms with E-state index < -0.39 is 0 Å². The molecule has 4 nitrogen and oxygen atoms in total. The SMILES string of the molecule is CC(=O)N(CC1CC1)c1ccc(-c2ccc(N)cn2)cc1Cl. The van der Waals surface area contributed by atoms with Crippen LogP contribution in [0.3, 0.4) is 0 Å². The molecule has 1 amide bonds. The fraction of sp³-hybridized carbons (Fsp3) is 0.294. The van der Waals surface area contributed by atoms with E-state index in [4.69, 9.17) is 17.3 Å². The Kier molecular flexibility index (Phi) is 4.03. The van der Waals surface area contributed by atoms with Crippen LogP contribution in [-0.2, 0) is 4.79 Å². The topological polar surface area (TPSA) is 59.2 Å². The Labute approximate surface area is 134 Å². The molecule has 1 aliphatic carbocycles. The molecule has 1 saturated carbocycles. The van der Waals surface area contributed by atoms with Gasteiger partial charge in [0.25, 0.3) is 0 Å². The maximum Gasteiger partial charge on any atom is 0.223 e. The number of nitrogens with zero attached hydrogens (tertiary/aromatic N) is 2. The van der Waals surface area contributed by atoms with Crippen LogP contribution in [0.1, 0.15) is 19.8 Å². The highest BCUT2D eigenvalue weighted by Gasteiger charge is 2.27. The summed E-state index contributed by atoms with van der Waals surface area (Å²) in [4.78, 5) is 18.0. The van der Waals surface area contributed by atoms with Gasteiger partial charge in [-0.1, -0.05) is 17.7 Å². The lowest BCUT2D eigenvalue weighted by Crippen LogP contribution is -2.30. The number of nitrogens with two attached hydrogens (primary N) is 1. The summed E-state index contributed by atoms with van der Waals surface area (Å²) in [6.45, 7) is 2.32. The second kappa shape index (κ2) is 5.97. The van der Waals surface area contributed by atoms with E-state index in [2.05, 4.69) is 4.98 Å². The molecular weight excluding hydrogens is 298 g/mol. The van der Waals surface area contributed by atoms with Crippen molar-refractivity contribution >= 4 is 28.9 Å². The van der Waals surface area contributed by atoms with Crippen molar-refractivity contribution in [2.45, 2.75) is 19.8 Å². The number of hydrogen-bond donors (Lipinski definition) is 1. The molecule has 5 heteroatoms. The largest absolute Gasteiger partial charge is 0.397 e. The summed E-state index contributed by atoms with van der Waals surface area (Å²) in [7, 11) is 0. The van der Waals surface area contributed by atoms with Gasteiger partial charge < -0.3 is 10.6 Å². The molecule has 1 aromatic heterocycles. The lowest BCUT2D eigenvalue weighted by molar-refractivity contribution is -0.116. The molecular formula is C17H18ClN3O. The first-order valence-electron chi connectivity index (χ1n) is 7.34. The normalized spacial score (nSPS) is 13.9. The Balaban J connectivity index is 1.90. The molecule has 3 rings (SSSR count). The summed E-state index contributed by atoms with van der Waals surface area (Å²) in [5.41, 5.74) is 8.75. The van der Waals surface area contributed by atoms with Crippen LogP contribution in [0.25, 0.3) is 11.3 Å². The first kappa shape index (κ1) is 14.9. The first-order valence-corrected chi connectivity index (χ1v) is 7.72. The number of amides is 1. The van der Waals surface area contributed by atoms with E-state index in [9.17, 15) is 4.79 Å². The van der Waals surface area contributed by atoms with E-state index in [0.717, 1.165) is 23.5 Å². The summed E-state index contributed by atoms with van der Waals surface area (Å²) in [5, 5.41) is 0.562. The van der Waals surface area contributed by atoms with Crippen LogP contribution in [-0.4, -0.2) is 17.4 Å². The zero-order valence-corrected chi connectivity index (χ0v) is 13.2. The third-order valence-corrected chi connectivity index (χ3v) is 4.14. The van der Waals surface area contributed by atoms with E-state index in [0.29, 0.717) is 16.6 Å². The highest BCUT2D eigenvalue weighted by atomic mass is 35.5. The smallest absolute Gasteiger partial charge is 0.223 e. The van der Waals surface area contributed by atoms with E-state index in [1.807, 2.05) is 24.3 Å². The number of hydrogen-bond acceptors (Lipinski definition) is 3. The zero-order chi connectivity index (χ0) is 15.7. The van der Waals surface area contributed by atoms with Crippen molar-refractivity contribution in [2.75, 3.05) is 17.2 Å². The van der Waals surface area contributed by atoms with Gasteiger partial charge in [-0.2, -0.15) is 0 Å². The molecule has 114 valence electrons. The monoisotopic (exact) mass is 315 g/mol. The molecule has 2 aromatic rings. The summed E-state index contributed by atoms with van der Waals surface area (Å²) in [6, 6.07) is 9.33. The quantitative estimate of drug-likeness (QED) is 0.934. The van der Waals surface area contributed by atoms with E-state index in [1.54, 1.807) is 24.1 Å². The molecule has 1 aromatic carbocycles. The molecule has 1 aliphatic rings. The predicted octanol–water partition coefficient (Wildman–Crippen LogP) is 3.75. The molecule has 0 aliphatic heterocycles. The lowest BCUT2D eigenvalue weighted by Gasteiger charge is -2.22. The van der Waals surface area contributed by atoms with Crippen LogP contribution in [0.5, 0.6) is 0 Å². The Morgan fingerprint density at radius 1 is 1.36 bits per heavy atom. The number of rotatable bonds is 4. The third-order valence-electron chi connectivity index (χ3n) is 3.84. The van der Waals surface area contributed by atoms with Gasteiger partial charge in [0.2, 0.25) is 5.91 Å². The fourth-order valence-corrected chi connectivity index (χ4v) is 2.70. The number of carbonyl (C=O) groups is 1. The minimum Gasteiger partial charge on any atom is -0.397 e. The van der Waals surface area contributed by atoms with Crippen molar-refractivity contribution in [3.8, 4) is 11.3 Å². The minimum absolute atomic E-state index is 0.0205. The van der Waals surface area contributed by atoms with Gasteiger partial charge in [0.15, 0.2) is 0 Å². The molecule has 0 saturated heterocycles. The highest BCUT2D eigenvalue weighted by molar-refractivity contribution is 6.34. The molecule has 22 heavy (non-hydrogen) atoms. The summed E-state index contributed by atoms with van der Waals surface area (Å²) < 4.78 is 0. The second-order valence-electron chi connectivity index (χ2n) is 5.72. The number of aromatic nitrogens is 1. The Morgan fingerprint density at radius 2 is 2.14 bits per heavy atom. The number of nitrogen functional groups attached to an aromatic ring is 1. The minimum atomic E-state index is 0.0205. The number of pyridine rings is 1. The number of carbonyl (C=O) groups excluding carboxylic acids is 1. The average molecular weight is 316 g/mol. The van der Waals surface area contributed by atoms with Gasteiger partial charge in [-0.3, -0.25) is 9.78 Å². The molecule has 0 unspecified atom stereocenters. The fourth-order valence-electron chi connectivity index (χ4n) is 2.42. The van der Waals surface area contributed by atoms with Crippen LogP contribution < -0.4 is 10.6 Å². The molecule has 0 radical (unpaired) electrons. The summed E-state index contributed by atoms with van der Waals surface area (Å²) in [5.74, 6) is 0.630. The van der Waals surface area contributed by atoms with Crippen molar-refractivity contribution in [2.24, 2.45) is 5.92 Å². The lowest BCUT2D eigenvalue weighted by atomic mass is 10.1. The van der Waals surface area contributed by atoms with Crippen LogP contribution in [0.15, 0.2) is 36.5 Å². The van der Waals surface area contributed by atoms with Crippen LogP contribution in [0.4, 0.5) is 11.4 Å². The standard InChI is InChI=1S/C17H18ClN3O/c1-11(22)21(10-12-2-3-12)17-7-4-13(8-15(17)18)16-6-5-14(19)9-20-16/h4-9,12H,2-3,10,19H2,1H3. The van der Waals surface area contributed by atoms with Crippen molar-refractivity contribution in [1.82, 2.24) is 4.98 Å². The van der Waals surface area contributed by atoms with E-state index in [1.165, 1.54) is 12.8 Å². The highest BCUT2D eigenvalue weighted by Crippen LogP contribution is 2.35. The molecule has 0 bridgehead atoms. The van der Waals surface area contributed by atoms with Crippen LogP contribution in [0, 0.1) is 5.92 Å². The van der Waals surface area contributed by atoms with Gasteiger partial charge in [-0.05, 0) is 43.0 Å². The molecule has 2 N–H and O–H groups in total. The van der Waals surface area contributed by atoms with Gasteiger partial charge in [0, 0.05) is 19.0 Å². The van der Waals surface area contributed by atoms with E-state index in [-0.39, 0.29) is 5.91 Å². The van der Waals surface area contributed by atoms with Gasteiger partial charge in [-0.25, -0.2) is 0 Å². The second-order valence-corrected chi connectivity index (χ2v) is 6.12. The summed E-state index contributed by atoms with van der Waals surface area (Å²) >= 11 is 6.41. The van der Waals surface area contributed by atoms with E-state index >= 15 is 0 Å². The summed E-state index contributed by atoms with van der Waals surface area (Å²) in [6.07, 6.45) is 4.00. The van der Waals surface area contributed by atoms with Gasteiger partial charge in [0.1, 0.15) is 0 Å². The van der Waals surface area contributed by atoms with Gasteiger partial charge >= 0.3 is 0 Å². The Hall–Kier alpha value is -2.07. The van der Waals surface area contributed by atoms with Gasteiger partial charge in [0.05, 0.1) is 28.3 Å². The van der Waals surface area contributed by atoms with Crippen molar-refractivity contribution in [3.05, 3.63) is 41.6 Å². The average Bonchev–Trinajstić information content (AvgIpc) is 3.30. The maximum atomic E-state index is 11.9. The van der Waals surface area contributed by atoms with Crippen molar-refractivity contribution in [3.63, 3.8) is 0 Å². The third kappa shape index (κ3) is 3.22. The van der Waals surface area contributed by atoms with Crippen LogP contribution >= 0.6 is 11.6 Å². The molecule has 0 atom stereocenters. The van der Waals surface area contributed by atoms with Gasteiger partial charge in [-0.15, -0.1) is 0 Å². The number of halogens is 1. The molecule has 1 fully saturated rings. The Morgan fingerprint density at radius 3 is 2.68 bits per heavy atom. The molecule has 1 heterocycles. The van der Waals surface area contributed by atoms with Crippen molar-refractivity contribution in [1.29, 1.82) is 0 Å². The Bertz CT molecular complexity index is 696. The maximum absolute atomic E-state index is 11.9. The first-order chi connectivity index (χ1) is 10.5. The predicted molar refractivity (Wildman–Crippen MR) is 89.8 cm³/mol. The van der Waals surface area contributed by atoms with Crippen LogP contribution in [0.2, 0.25) is 5.02 Å².